The molecule has 0 saturated carbocycles. The van der Waals surface area contributed by atoms with Crippen LogP contribution in [0.3, 0.4) is 0 Å². The van der Waals surface area contributed by atoms with Crippen LogP contribution in [-0.2, 0) is 10.0 Å². The lowest BCUT2D eigenvalue weighted by Crippen LogP contribution is -2.26. The molecule has 9 heteroatoms. The quantitative estimate of drug-likeness (QED) is 0.768. The van der Waals surface area contributed by atoms with Gasteiger partial charge in [-0.3, -0.25) is 0 Å². The van der Waals surface area contributed by atoms with E-state index in [1.54, 1.807) is 13.1 Å². The Hall–Kier alpha value is -1.71. The average molecular weight is 301 g/mol. The number of aromatic amines is 1. The minimum Gasteiger partial charge on any atom is -0.477 e. The van der Waals surface area contributed by atoms with Gasteiger partial charge >= 0.3 is 5.97 Å². The first kappa shape index (κ1) is 13.7. The smallest absolute Gasteiger partial charge is 0.345 e. The monoisotopic (exact) mass is 301 g/mol. The Morgan fingerprint density at radius 1 is 1.53 bits per heavy atom. The molecule has 0 aliphatic rings. The number of carbonyl (C=O) groups is 1. The molecule has 2 aromatic rings. The van der Waals surface area contributed by atoms with Crippen LogP contribution in [0, 0.1) is 0 Å². The number of aromatic nitrogens is 2. The first-order valence-electron chi connectivity index (χ1n) is 5.25. The average Bonchev–Trinajstić information content (AvgIpc) is 3.00. The van der Waals surface area contributed by atoms with Crippen molar-refractivity contribution in [3.05, 3.63) is 35.2 Å². The third-order valence-corrected chi connectivity index (χ3v) is 5.42. The van der Waals surface area contributed by atoms with Crippen molar-refractivity contribution in [1.82, 2.24) is 14.7 Å². The molecule has 0 spiro atoms. The number of nitrogens with zero attached hydrogens (tertiary/aromatic N) is 1. The van der Waals surface area contributed by atoms with Crippen LogP contribution < -0.4 is 4.72 Å². The Balaban J connectivity index is 2.20. The van der Waals surface area contributed by atoms with E-state index in [9.17, 15) is 13.2 Å². The summed E-state index contributed by atoms with van der Waals surface area (Å²) in [4.78, 5) is 17.5. The second kappa shape index (κ2) is 5.11. The minimum atomic E-state index is -3.75. The number of thiophene rings is 1. The molecule has 19 heavy (non-hydrogen) atoms. The third kappa shape index (κ3) is 3.00. The standard InChI is InChI=1S/C10H11N3O4S2/c1-6(9-11-4-5-12-9)13-19(16,17)8-3-2-7(18-8)10(14)15/h2-6,13H,1H3,(H,11,12)(H,14,15). The van der Waals surface area contributed by atoms with E-state index in [1.807, 2.05) is 0 Å². The third-order valence-electron chi connectivity index (χ3n) is 2.32. The Morgan fingerprint density at radius 3 is 2.79 bits per heavy atom. The second-order valence-corrected chi connectivity index (χ2v) is 6.77. The summed E-state index contributed by atoms with van der Waals surface area (Å²) in [6.07, 6.45) is 3.11. The molecule has 0 fully saturated rings. The number of nitrogens with one attached hydrogen (secondary N) is 2. The number of aromatic carboxylic acids is 1. The van der Waals surface area contributed by atoms with Crippen molar-refractivity contribution >= 4 is 27.3 Å². The molecule has 102 valence electrons. The van der Waals surface area contributed by atoms with Gasteiger partial charge in [-0.1, -0.05) is 0 Å². The van der Waals surface area contributed by atoms with Crippen molar-refractivity contribution in [2.75, 3.05) is 0 Å². The molecule has 2 heterocycles. The molecule has 2 rings (SSSR count). The Morgan fingerprint density at radius 2 is 2.26 bits per heavy atom. The minimum absolute atomic E-state index is 0.0222. The van der Waals surface area contributed by atoms with Crippen LogP contribution in [0.15, 0.2) is 28.7 Å². The maximum Gasteiger partial charge on any atom is 0.345 e. The van der Waals surface area contributed by atoms with E-state index in [2.05, 4.69) is 14.7 Å². The molecule has 7 nitrogen and oxygen atoms in total. The second-order valence-electron chi connectivity index (χ2n) is 3.74. The van der Waals surface area contributed by atoms with E-state index in [0.717, 1.165) is 0 Å². The van der Waals surface area contributed by atoms with Crippen LogP contribution in [0.2, 0.25) is 0 Å². The van der Waals surface area contributed by atoms with Gasteiger partial charge in [0.15, 0.2) is 0 Å². The predicted octanol–water partition coefficient (Wildman–Crippen LogP) is 1.21. The summed E-state index contributed by atoms with van der Waals surface area (Å²) in [6.45, 7) is 1.64. The zero-order chi connectivity index (χ0) is 14.0. The fourth-order valence-corrected chi connectivity index (χ4v) is 3.81. The van der Waals surface area contributed by atoms with Gasteiger partial charge in [0.2, 0.25) is 0 Å². The van der Waals surface area contributed by atoms with Gasteiger partial charge in [0.1, 0.15) is 14.9 Å². The van der Waals surface area contributed by atoms with Crippen molar-refractivity contribution in [2.24, 2.45) is 0 Å². The summed E-state index contributed by atoms with van der Waals surface area (Å²) in [6, 6.07) is 2.00. The summed E-state index contributed by atoms with van der Waals surface area (Å²) >= 11 is 0.707. The van der Waals surface area contributed by atoms with E-state index in [1.165, 1.54) is 18.3 Å². The summed E-state index contributed by atoms with van der Waals surface area (Å²) < 4.78 is 26.5. The fourth-order valence-electron chi connectivity index (χ4n) is 1.44. The van der Waals surface area contributed by atoms with Crippen LogP contribution in [0.4, 0.5) is 0 Å². The molecule has 0 aromatic carbocycles. The highest BCUT2D eigenvalue weighted by Crippen LogP contribution is 2.23. The van der Waals surface area contributed by atoms with Crippen LogP contribution in [0.5, 0.6) is 0 Å². The van der Waals surface area contributed by atoms with Crippen molar-refractivity contribution in [2.45, 2.75) is 17.2 Å². The Bertz CT molecular complexity index is 675. The van der Waals surface area contributed by atoms with Crippen molar-refractivity contribution < 1.29 is 18.3 Å². The van der Waals surface area contributed by atoms with Gasteiger partial charge in [-0.05, 0) is 19.1 Å². The first-order valence-corrected chi connectivity index (χ1v) is 7.55. The van der Waals surface area contributed by atoms with E-state index < -0.39 is 22.0 Å². The van der Waals surface area contributed by atoms with Gasteiger partial charge in [0.05, 0.1) is 6.04 Å². The number of carboxylic acid groups (broad SMARTS) is 1. The van der Waals surface area contributed by atoms with Crippen LogP contribution in [0.1, 0.15) is 28.5 Å². The van der Waals surface area contributed by atoms with Gasteiger partial charge in [-0.2, -0.15) is 0 Å². The topological polar surface area (TPSA) is 112 Å². The molecular formula is C10H11N3O4S2. The zero-order valence-corrected chi connectivity index (χ0v) is 11.5. The number of hydrogen-bond donors (Lipinski definition) is 3. The normalized spacial score (nSPS) is 13.3. The van der Waals surface area contributed by atoms with Crippen LogP contribution in [-0.4, -0.2) is 29.5 Å². The van der Waals surface area contributed by atoms with Crippen LogP contribution in [0.25, 0.3) is 0 Å². The first-order chi connectivity index (χ1) is 8.90. The lowest BCUT2D eigenvalue weighted by Gasteiger charge is -2.10. The number of H-pyrrole nitrogens is 1. The van der Waals surface area contributed by atoms with Gasteiger partial charge in [0, 0.05) is 12.4 Å². The van der Waals surface area contributed by atoms with E-state index in [4.69, 9.17) is 5.11 Å². The van der Waals surface area contributed by atoms with Crippen molar-refractivity contribution in [3.8, 4) is 0 Å². The molecular weight excluding hydrogens is 290 g/mol. The maximum absolute atomic E-state index is 12.0. The molecule has 0 bridgehead atoms. The Kier molecular flexibility index (Phi) is 3.69. The lowest BCUT2D eigenvalue weighted by molar-refractivity contribution is 0.0702. The number of rotatable bonds is 5. The number of imidazole rings is 1. The van der Waals surface area contributed by atoms with Crippen molar-refractivity contribution in [1.29, 1.82) is 0 Å². The fraction of sp³-hybridized carbons (Fsp3) is 0.200. The molecule has 0 amide bonds. The van der Waals surface area contributed by atoms with Gasteiger partial charge in [0.25, 0.3) is 10.0 Å². The highest BCUT2D eigenvalue weighted by molar-refractivity contribution is 7.91. The molecule has 0 radical (unpaired) electrons. The van der Waals surface area contributed by atoms with Gasteiger partial charge in [-0.15, -0.1) is 11.3 Å². The van der Waals surface area contributed by atoms with E-state index >= 15 is 0 Å². The molecule has 0 aliphatic carbocycles. The molecule has 3 N–H and O–H groups in total. The highest BCUT2D eigenvalue weighted by atomic mass is 32.2. The summed E-state index contributed by atoms with van der Waals surface area (Å²) in [5, 5.41) is 8.78. The molecule has 0 saturated heterocycles. The largest absolute Gasteiger partial charge is 0.477 e. The summed E-state index contributed by atoms with van der Waals surface area (Å²) in [5.41, 5.74) is 0. The Labute approximate surface area is 113 Å². The van der Waals surface area contributed by atoms with Gasteiger partial charge < -0.3 is 10.1 Å². The van der Waals surface area contributed by atoms with Gasteiger partial charge in [-0.25, -0.2) is 22.9 Å². The van der Waals surface area contributed by atoms with E-state index in [0.29, 0.717) is 17.2 Å². The van der Waals surface area contributed by atoms with Crippen molar-refractivity contribution in [3.63, 3.8) is 0 Å². The SMILES string of the molecule is CC(NS(=O)(=O)c1ccc(C(=O)O)s1)c1ncc[nH]1. The molecule has 1 atom stereocenters. The molecule has 1 unspecified atom stereocenters. The number of hydrogen-bond acceptors (Lipinski definition) is 5. The lowest BCUT2D eigenvalue weighted by atomic mass is 10.3. The zero-order valence-electron chi connectivity index (χ0n) is 9.82. The highest BCUT2D eigenvalue weighted by Gasteiger charge is 2.22. The summed E-state index contributed by atoms with van der Waals surface area (Å²) in [5.74, 6) is -0.663. The molecule has 0 aliphatic heterocycles. The maximum atomic E-state index is 12.0. The van der Waals surface area contributed by atoms with E-state index in [-0.39, 0.29) is 9.09 Å². The predicted molar refractivity (Wildman–Crippen MR) is 68.6 cm³/mol. The van der Waals surface area contributed by atoms with Crippen LogP contribution >= 0.6 is 11.3 Å². The summed E-state index contributed by atoms with van der Waals surface area (Å²) in [7, 11) is -3.75. The number of sulfonamides is 1. The number of carboxylic acids is 1. The molecule has 2 aromatic heterocycles.